The Bertz CT molecular complexity index is 772. The quantitative estimate of drug-likeness (QED) is 0.911. The van der Waals surface area contributed by atoms with E-state index in [1.54, 1.807) is 0 Å². The van der Waals surface area contributed by atoms with Crippen LogP contribution in [0.5, 0.6) is 0 Å². The molecule has 1 aromatic heterocycles. The van der Waals surface area contributed by atoms with Gasteiger partial charge in [-0.05, 0) is 37.0 Å². The van der Waals surface area contributed by atoms with Crippen LogP contribution in [0, 0.1) is 13.8 Å². The summed E-state index contributed by atoms with van der Waals surface area (Å²) in [5.74, 6) is 0. The van der Waals surface area contributed by atoms with Gasteiger partial charge in [0, 0.05) is 49.6 Å². The number of hydrogen-bond acceptors (Lipinski definition) is 3. The summed E-state index contributed by atoms with van der Waals surface area (Å²) in [6.45, 7) is 8.05. The predicted octanol–water partition coefficient (Wildman–Crippen LogP) is 2.90. The molecule has 0 bridgehead atoms. The first-order chi connectivity index (χ1) is 11.6. The molecule has 1 spiro atoms. The second-order valence-corrected chi connectivity index (χ2v) is 7.26. The fourth-order valence-corrected chi connectivity index (χ4v) is 3.96. The molecule has 1 amide bonds. The average molecular weight is 327 g/mol. The van der Waals surface area contributed by atoms with Gasteiger partial charge in [-0.2, -0.15) is 0 Å². The van der Waals surface area contributed by atoms with Crippen molar-refractivity contribution in [2.24, 2.45) is 0 Å². The van der Waals surface area contributed by atoms with Crippen LogP contribution in [0.3, 0.4) is 0 Å². The van der Waals surface area contributed by atoms with Crippen molar-refractivity contribution in [2.45, 2.75) is 38.7 Å². The number of amides is 1. The maximum absolute atomic E-state index is 11.3. The van der Waals surface area contributed by atoms with Crippen molar-refractivity contribution in [3.63, 3.8) is 0 Å². The number of hydrogen-bond donors (Lipinski definition) is 2. The summed E-state index contributed by atoms with van der Waals surface area (Å²) in [6, 6.07) is 4.44. The van der Waals surface area contributed by atoms with E-state index in [-0.39, 0.29) is 11.7 Å². The number of likely N-dealkylation sites (tertiary alicyclic amines) is 1. The first-order valence-electron chi connectivity index (χ1n) is 8.82. The number of aryl methyl sites for hydroxylation is 2. The molecule has 128 valence electrons. The lowest BCUT2D eigenvalue weighted by Crippen LogP contribution is -2.47. The van der Waals surface area contributed by atoms with Crippen LogP contribution in [0.1, 0.15) is 29.5 Å². The van der Waals surface area contributed by atoms with E-state index in [9.17, 15) is 4.79 Å². The van der Waals surface area contributed by atoms with Crippen LogP contribution in [0.15, 0.2) is 18.3 Å². The molecule has 5 nitrogen and oxygen atoms in total. The third kappa shape index (κ3) is 2.67. The van der Waals surface area contributed by atoms with Gasteiger partial charge in [0.05, 0.1) is 6.54 Å². The number of benzene rings is 1. The molecule has 2 aliphatic rings. The van der Waals surface area contributed by atoms with E-state index >= 15 is 0 Å². The number of carbonyl (C=O) groups is 1. The second kappa shape index (κ2) is 5.81. The Balaban J connectivity index is 1.38. The van der Waals surface area contributed by atoms with Crippen LogP contribution in [0.4, 0.5) is 4.79 Å². The van der Waals surface area contributed by atoms with Gasteiger partial charge in [-0.1, -0.05) is 12.1 Å². The van der Waals surface area contributed by atoms with Gasteiger partial charge < -0.3 is 19.9 Å². The molecule has 4 rings (SSSR count). The number of nitrogens with one attached hydrogen (secondary N) is 2. The number of aromatic nitrogens is 1. The fourth-order valence-electron chi connectivity index (χ4n) is 3.96. The van der Waals surface area contributed by atoms with Gasteiger partial charge >= 0.3 is 6.09 Å². The summed E-state index contributed by atoms with van der Waals surface area (Å²) in [4.78, 5) is 17.2. The summed E-state index contributed by atoms with van der Waals surface area (Å²) in [5.41, 5.74) is 5.09. The van der Waals surface area contributed by atoms with E-state index in [1.807, 2.05) is 0 Å². The van der Waals surface area contributed by atoms with Crippen molar-refractivity contribution in [3.8, 4) is 0 Å². The van der Waals surface area contributed by atoms with Crippen molar-refractivity contribution < 1.29 is 9.53 Å². The molecule has 0 aliphatic carbocycles. The normalized spacial score (nSPS) is 20.5. The smallest absolute Gasteiger partial charge is 0.407 e. The summed E-state index contributed by atoms with van der Waals surface area (Å²) >= 11 is 0. The summed E-state index contributed by atoms with van der Waals surface area (Å²) in [6.07, 6.45) is 4.81. The third-order valence-electron chi connectivity index (χ3n) is 5.80. The van der Waals surface area contributed by atoms with Gasteiger partial charge in [0.25, 0.3) is 0 Å². The number of ether oxygens (including phenoxy) is 1. The molecule has 0 unspecified atom stereocenters. The van der Waals surface area contributed by atoms with Crippen molar-refractivity contribution in [1.82, 2.24) is 15.2 Å². The third-order valence-corrected chi connectivity index (χ3v) is 5.80. The van der Waals surface area contributed by atoms with Crippen LogP contribution in [-0.2, 0) is 11.2 Å². The van der Waals surface area contributed by atoms with Crippen molar-refractivity contribution >= 4 is 17.0 Å². The zero-order valence-electron chi connectivity index (χ0n) is 14.4. The maximum atomic E-state index is 11.3. The molecule has 3 heterocycles. The van der Waals surface area contributed by atoms with Gasteiger partial charge in [-0.15, -0.1) is 0 Å². The minimum atomic E-state index is -0.257. The summed E-state index contributed by atoms with van der Waals surface area (Å²) in [7, 11) is 0. The molecule has 2 N–H and O–H groups in total. The zero-order valence-corrected chi connectivity index (χ0v) is 14.4. The molecule has 2 saturated heterocycles. The van der Waals surface area contributed by atoms with E-state index in [4.69, 9.17) is 4.74 Å². The van der Waals surface area contributed by atoms with Crippen LogP contribution in [0.2, 0.25) is 0 Å². The first-order valence-corrected chi connectivity index (χ1v) is 8.82. The molecule has 0 radical (unpaired) electrons. The number of aromatic amines is 1. The van der Waals surface area contributed by atoms with E-state index in [0.717, 1.165) is 38.9 Å². The Morgan fingerprint density at radius 1 is 1.25 bits per heavy atom. The number of carbonyl (C=O) groups excluding carboxylic acids is 1. The van der Waals surface area contributed by atoms with Crippen LogP contribution in [-0.4, -0.2) is 47.8 Å². The lowest BCUT2D eigenvalue weighted by Gasteiger charge is -2.37. The Labute approximate surface area is 142 Å². The molecule has 2 aliphatic heterocycles. The maximum Gasteiger partial charge on any atom is 0.407 e. The lowest BCUT2D eigenvalue weighted by atomic mass is 9.91. The number of H-pyrrole nitrogens is 1. The number of fused-ring (bicyclic) bond motifs is 1. The highest BCUT2D eigenvalue weighted by atomic mass is 16.6. The van der Waals surface area contributed by atoms with Gasteiger partial charge in [0.15, 0.2) is 0 Å². The highest BCUT2D eigenvalue weighted by molar-refractivity contribution is 5.86. The van der Waals surface area contributed by atoms with Crippen molar-refractivity contribution in [1.29, 1.82) is 0 Å². The predicted molar refractivity (Wildman–Crippen MR) is 94.4 cm³/mol. The van der Waals surface area contributed by atoms with Gasteiger partial charge in [0.2, 0.25) is 0 Å². The molecule has 1 aromatic carbocycles. The van der Waals surface area contributed by atoms with Gasteiger partial charge in [-0.25, -0.2) is 4.79 Å². The van der Waals surface area contributed by atoms with Crippen LogP contribution >= 0.6 is 0 Å². The van der Waals surface area contributed by atoms with Crippen LogP contribution < -0.4 is 5.32 Å². The summed E-state index contributed by atoms with van der Waals surface area (Å²) in [5, 5.41) is 4.14. The van der Waals surface area contributed by atoms with Crippen molar-refractivity contribution in [3.05, 3.63) is 35.0 Å². The average Bonchev–Trinajstić information content (AvgIpc) is 3.15. The lowest BCUT2D eigenvalue weighted by molar-refractivity contribution is 0.00124. The molecule has 0 saturated carbocycles. The Morgan fingerprint density at radius 3 is 2.75 bits per heavy atom. The highest BCUT2D eigenvalue weighted by Crippen LogP contribution is 2.30. The zero-order chi connectivity index (χ0) is 16.7. The number of nitrogens with zero attached hydrogens (tertiary/aromatic N) is 1. The Kier molecular flexibility index (Phi) is 3.76. The molecular weight excluding hydrogens is 302 g/mol. The van der Waals surface area contributed by atoms with Crippen LogP contribution in [0.25, 0.3) is 10.9 Å². The monoisotopic (exact) mass is 327 g/mol. The van der Waals surface area contributed by atoms with E-state index in [1.165, 1.54) is 27.6 Å². The molecule has 0 atom stereocenters. The number of alkyl carbamates (subject to hydrolysis) is 1. The molecule has 2 aromatic rings. The SMILES string of the molecule is Cc1ccc2c(CCN3CCC4(CC3)CNC(=O)O4)c[nH]c2c1C. The minimum absolute atomic E-state index is 0.247. The first kappa shape index (κ1) is 15.5. The molecule has 24 heavy (non-hydrogen) atoms. The highest BCUT2D eigenvalue weighted by Gasteiger charge is 2.42. The number of rotatable bonds is 3. The Hall–Kier alpha value is -2.01. The standard InChI is InChI=1S/C19H25N3O2/c1-13-3-4-16-15(11-20-17(16)14(13)2)5-8-22-9-6-19(7-10-22)12-21-18(23)24-19/h3-4,11,20H,5-10,12H2,1-2H3,(H,21,23). The minimum Gasteiger partial charge on any atom is -0.441 e. The fraction of sp³-hybridized carbons (Fsp3) is 0.526. The van der Waals surface area contributed by atoms with E-state index in [0.29, 0.717) is 6.54 Å². The molecular formula is C19H25N3O2. The Morgan fingerprint density at radius 2 is 2.04 bits per heavy atom. The van der Waals surface area contributed by atoms with Crippen molar-refractivity contribution in [2.75, 3.05) is 26.2 Å². The molecule has 2 fully saturated rings. The van der Waals surface area contributed by atoms with Gasteiger partial charge in [0.1, 0.15) is 5.60 Å². The largest absolute Gasteiger partial charge is 0.441 e. The second-order valence-electron chi connectivity index (χ2n) is 7.26. The molecule has 5 heteroatoms. The van der Waals surface area contributed by atoms with E-state index < -0.39 is 0 Å². The topological polar surface area (TPSA) is 57.4 Å². The summed E-state index contributed by atoms with van der Waals surface area (Å²) < 4.78 is 5.49. The van der Waals surface area contributed by atoms with Gasteiger partial charge in [-0.3, -0.25) is 0 Å². The number of piperidine rings is 1. The van der Waals surface area contributed by atoms with E-state index in [2.05, 4.69) is 47.4 Å².